The molecule has 1 rings (SSSR count). The molecule has 0 spiro atoms. The minimum absolute atomic E-state index is 0.411. The van der Waals surface area contributed by atoms with Crippen molar-refractivity contribution in [1.29, 1.82) is 0 Å². The van der Waals surface area contributed by atoms with Crippen LogP contribution in [0.3, 0.4) is 0 Å². The van der Waals surface area contributed by atoms with Crippen molar-refractivity contribution >= 4 is 0 Å². The molecular formula is C12H23F. The van der Waals surface area contributed by atoms with Crippen molar-refractivity contribution in [3.8, 4) is 0 Å². The number of hydrogen-bond donors (Lipinski definition) is 0. The van der Waals surface area contributed by atoms with Crippen molar-refractivity contribution < 1.29 is 4.39 Å². The molecule has 0 nitrogen and oxygen atoms in total. The van der Waals surface area contributed by atoms with Crippen molar-refractivity contribution in [2.75, 3.05) is 0 Å². The smallest absolute Gasteiger partial charge is 0.108 e. The summed E-state index contributed by atoms with van der Waals surface area (Å²) >= 11 is 0. The summed E-state index contributed by atoms with van der Waals surface area (Å²) in [5, 5.41) is 0. The molecule has 0 radical (unpaired) electrons. The standard InChI is InChI=1S/C12H23F/c1-11(2,3)9-10-5-7-12(4,13)8-6-10/h10H,5-9H2,1-4H3. The molecule has 0 unspecified atom stereocenters. The highest BCUT2D eigenvalue weighted by Gasteiger charge is 2.32. The van der Waals surface area contributed by atoms with Crippen LogP contribution in [0.25, 0.3) is 0 Å². The van der Waals surface area contributed by atoms with Gasteiger partial charge in [-0.1, -0.05) is 20.8 Å². The summed E-state index contributed by atoms with van der Waals surface area (Å²) in [7, 11) is 0. The van der Waals surface area contributed by atoms with E-state index in [2.05, 4.69) is 20.8 Å². The summed E-state index contributed by atoms with van der Waals surface area (Å²) < 4.78 is 13.5. The van der Waals surface area contributed by atoms with Gasteiger partial charge >= 0.3 is 0 Å². The van der Waals surface area contributed by atoms with Gasteiger partial charge in [0, 0.05) is 0 Å². The minimum Gasteiger partial charge on any atom is -0.244 e. The summed E-state index contributed by atoms with van der Waals surface area (Å²) in [5.74, 6) is 0.767. The molecule has 0 aliphatic heterocycles. The monoisotopic (exact) mass is 186 g/mol. The molecule has 0 aromatic carbocycles. The summed E-state index contributed by atoms with van der Waals surface area (Å²) in [6, 6.07) is 0. The number of halogens is 1. The van der Waals surface area contributed by atoms with E-state index >= 15 is 0 Å². The maximum atomic E-state index is 13.5. The molecule has 0 bridgehead atoms. The van der Waals surface area contributed by atoms with E-state index in [1.165, 1.54) is 6.42 Å². The molecule has 0 atom stereocenters. The van der Waals surface area contributed by atoms with Crippen molar-refractivity contribution in [2.24, 2.45) is 11.3 Å². The van der Waals surface area contributed by atoms with Gasteiger partial charge in [0.05, 0.1) is 0 Å². The fourth-order valence-corrected chi connectivity index (χ4v) is 2.35. The molecule has 1 saturated carbocycles. The summed E-state index contributed by atoms with van der Waals surface area (Å²) in [6.07, 6.45) is 4.97. The molecule has 0 amide bonds. The highest BCUT2D eigenvalue weighted by molar-refractivity contribution is 4.83. The van der Waals surface area contributed by atoms with E-state index < -0.39 is 5.67 Å². The molecule has 1 aliphatic rings. The van der Waals surface area contributed by atoms with Crippen molar-refractivity contribution in [1.82, 2.24) is 0 Å². The normalized spacial score (nSPS) is 36.2. The molecule has 78 valence electrons. The minimum atomic E-state index is -0.867. The predicted octanol–water partition coefficient (Wildman–Crippen LogP) is 4.34. The van der Waals surface area contributed by atoms with Crippen LogP contribution < -0.4 is 0 Å². The van der Waals surface area contributed by atoms with E-state index in [0.29, 0.717) is 5.41 Å². The average Bonchev–Trinajstić information content (AvgIpc) is 1.91. The van der Waals surface area contributed by atoms with Crippen LogP contribution in [-0.2, 0) is 0 Å². The van der Waals surface area contributed by atoms with Gasteiger partial charge in [-0.25, -0.2) is 4.39 Å². The second-order valence-electron chi connectivity index (χ2n) is 6.12. The molecule has 1 fully saturated rings. The molecule has 0 N–H and O–H groups in total. The molecular weight excluding hydrogens is 163 g/mol. The largest absolute Gasteiger partial charge is 0.244 e. The van der Waals surface area contributed by atoms with Crippen molar-refractivity contribution in [3.05, 3.63) is 0 Å². The fourth-order valence-electron chi connectivity index (χ4n) is 2.35. The predicted molar refractivity (Wildman–Crippen MR) is 55.5 cm³/mol. The van der Waals surface area contributed by atoms with Gasteiger partial charge in [0.25, 0.3) is 0 Å². The summed E-state index contributed by atoms with van der Waals surface area (Å²) in [5.41, 5.74) is -0.455. The Morgan fingerprint density at radius 2 is 1.69 bits per heavy atom. The second kappa shape index (κ2) is 3.59. The highest BCUT2D eigenvalue weighted by atomic mass is 19.1. The number of alkyl halides is 1. The number of rotatable bonds is 1. The first-order chi connectivity index (χ1) is 5.79. The molecule has 0 aromatic heterocycles. The van der Waals surface area contributed by atoms with Gasteiger partial charge in [-0.05, 0) is 50.4 Å². The Morgan fingerprint density at radius 1 is 1.23 bits per heavy atom. The third-order valence-corrected chi connectivity index (χ3v) is 3.05. The lowest BCUT2D eigenvalue weighted by Crippen LogP contribution is -2.27. The second-order valence-corrected chi connectivity index (χ2v) is 6.12. The van der Waals surface area contributed by atoms with Crippen LogP contribution in [0, 0.1) is 11.3 Å². The fraction of sp³-hybridized carbons (Fsp3) is 1.00. The first-order valence-electron chi connectivity index (χ1n) is 5.47. The van der Waals surface area contributed by atoms with Crippen LogP contribution in [-0.4, -0.2) is 5.67 Å². The Labute approximate surface area is 81.9 Å². The van der Waals surface area contributed by atoms with Crippen LogP contribution in [0.1, 0.15) is 59.8 Å². The molecule has 0 aromatic rings. The quantitative estimate of drug-likeness (QED) is 0.571. The molecule has 0 heterocycles. The van der Waals surface area contributed by atoms with E-state index in [-0.39, 0.29) is 0 Å². The Hall–Kier alpha value is -0.0700. The van der Waals surface area contributed by atoms with Gasteiger partial charge in [-0.2, -0.15) is 0 Å². The van der Waals surface area contributed by atoms with Crippen LogP contribution in [0.15, 0.2) is 0 Å². The zero-order valence-electron chi connectivity index (χ0n) is 9.49. The van der Waals surface area contributed by atoms with Gasteiger partial charge in [-0.3, -0.25) is 0 Å². The number of hydrogen-bond acceptors (Lipinski definition) is 0. The Bertz CT molecular complexity index is 154. The van der Waals surface area contributed by atoms with E-state index in [9.17, 15) is 4.39 Å². The van der Waals surface area contributed by atoms with Crippen molar-refractivity contribution in [3.63, 3.8) is 0 Å². The van der Waals surface area contributed by atoms with Gasteiger partial charge in [-0.15, -0.1) is 0 Å². The Kier molecular flexibility index (Phi) is 3.04. The summed E-state index contributed by atoms with van der Waals surface area (Å²) in [4.78, 5) is 0. The lowest BCUT2D eigenvalue weighted by atomic mass is 9.74. The van der Waals surface area contributed by atoms with Gasteiger partial charge in [0.15, 0.2) is 0 Å². The SMILES string of the molecule is CC(C)(C)CC1CCC(C)(F)CC1. The zero-order chi connectivity index (χ0) is 10.1. The van der Waals surface area contributed by atoms with E-state index in [1.807, 2.05) is 0 Å². The topological polar surface area (TPSA) is 0 Å². The maximum Gasteiger partial charge on any atom is 0.108 e. The van der Waals surface area contributed by atoms with Crippen LogP contribution >= 0.6 is 0 Å². The molecule has 13 heavy (non-hydrogen) atoms. The lowest BCUT2D eigenvalue weighted by Gasteiger charge is -2.34. The van der Waals surface area contributed by atoms with Gasteiger partial charge in [0.1, 0.15) is 5.67 Å². The molecule has 1 aliphatic carbocycles. The first kappa shape index (κ1) is 11.0. The van der Waals surface area contributed by atoms with Gasteiger partial charge in [0.2, 0.25) is 0 Å². The third-order valence-electron chi connectivity index (χ3n) is 3.05. The molecule has 0 saturated heterocycles. The van der Waals surface area contributed by atoms with E-state index in [1.54, 1.807) is 6.92 Å². The maximum absolute atomic E-state index is 13.5. The van der Waals surface area contributed by atoms with Crippen LogP contribution in [0.2, 0.25) is 0 Å². The van der Waals surface area contributed by atoms with Gasteiger partial charge < -0.3 is 0 Å². The third kappa shape index (κ3) is 4.10. The Morgan fingerprint density at radius 3 is 2.08 bits per heavy atom. The highest BCUT2D eigenvalue weighted by Crippen LogP contribution is 2.39. The summed E-state index contributed by atoms with van der Waals surface area (Å²) in [6.45, 7) is 8.57. The lowest BCUT2D eigenvalue weighted by molar-refractivity contribution is 0.0888. The van der Waals surface area contributed by atoms with E-state index in [4.69, 9.17) is 0 Å². The Balaban J connectivity index is 2.34. The first-order valence-corrected chi connectivity index (χ1v) is 5.47. The van der Waals surface area contributed by atoms with Crippen LogP contribution in [0.5, 0.6) is 0 Å². The molecule has 1 heteroatoms. The zero-order valence-corrected chi connectivity index (χ0v) is 9.49. The van der Waals surface area contributed by atoms with E-state index in [0.717, 1.165) is 31.6 Å². The van der Waals surface area contributed by atoms with Crippen LogP contribution in [0.4, 0.5) is 4.39 Å². The van der Waals surface area contributed by atoms with Crippen molar-refractivity contribution in [2.45, 2.75) is 65.5 Å². The average molecular weight is 186 g/mol.